The van der Waals surface area contributed by atoms with Gasteiger partial charge in [0.1, 0.15) is 17.2 Å². The summed E-state index contributed by atoms with van der Waals surface area (Å²) in [6, 6.07) is 29.6. The van der Waals surface area contributed by atoms with Crippen molar-refractivity contribution >= 4 is 34.6 Å². The molecule has 8 heteroatoms. The zero-order valence-corrected chi connectivity index (χ0v) is 25.4. The molecule has 5 aromatic rings. The third-order valence-corrected chi connectivity index (χ3v) is 8.19. The number of hydrogen-bond donors (Lipinski definition) is 1. The Kier molecular flexibility index (Phi) is 7.62. The summed E-state index contributed by atoms with van der Waals surface area (Å²) < 4.78 is 14.0. The summed E-state index contributed by atoms with van der Waals surface area (Å²) in [5.41, 5.74) is 7.19. The Morgan fingerprint density at radius 1 is 0.881 bits per heavy atom. The number of aryl methyl sites for hydroxylation is 2. The van der Waals surface area contributed by atoms with Gasteiger partial charge in [-0.2, -0.15) is 0 Å². The van der Waals surface area contributed by atoms with Gasteiger partial charge in [-0.3, -0.25) is 4.98 Å². The van der Waals surface area contributed by atoms with Crippen LogP contribution in [0.5, 0.6) is 17.2 Å². The van der Waals surface area contributed by atoms with Crippen LogP contribution < -0.4 is 19.7 Å². The Hall–Kier alpha value is -4.33. The molecule has 2 atom stereocenters. The summed E-state index contributed by atoms with van der Waals surface area (Å²) in [5, 5.41) is 4.84. The molecule has 6 nitrogen and oxygen atoms in total. The van der Waals surface area contributed by atoms with Crippen molar-refractivity contribution in [2.24, 2.45) is 0 Å². The molecule has 1 aliphatic rings. The number of aromatic nitrogens is 2. The average molecular weight is 595 g/mol. The maximum atomic E-state index is 6.44. The molecule has 42 heavy (non-hydrogen) atoms. The van der Waals surface area contributed by atoms with Gasteiger partial charge in [-0.1, -0.05) is 35.4 Å². The monoisotopic (exact) mass is 594 g/mol. The molecule has 3 aromatic carbocycles. The number of benzene rings is 3. The lowest BCUT2D eigenvalue weighted by atomic mass is 9.96. The first kappa shape index (κ1) is 27.8. The van der Waals surface area contributed by atoms with Crippen molar-refractivity contribution in [3.63, 3.8) is 0 Å². The average Bonchev–Trinajstić information content (AvgIpc) is 3.49. The van der Waals surface area contributed by atoms with Gasteiger partial charge < -0.3 is 24.3 Å². The van der Waals surface area contributed by atoms with E-state index in [0.717, 1.165) is 51.3 Å². The minimum absolute atomic E-state index is 0.165. The Bertz CT molecular complexity index is 1740. The van der Waals surface area contributed by atoms with E-state index in [-0.39, 0.29) is 12.1 Å². The number of ether oxygens (including phenoxy) is 2. The summed E-state index contributed by atoms with van der Waals surface area (Å²) in [6.45, 7) is 6.27. The first-order chi connectivity index (χ1) is 20.3. The van der Waals surface area contributed by atoms with Crippen LogP contribution in [-0.2, 0) is 0 Å². The molecule has 0 radical (unpaired) electrons. The van der Waals surface area contributed by atoms with Crippen molar-refractivity contribution in [3.05, 3.63) is 130 Å². The number of anilines is 1. The Balaban J connectivity index is 1.43. The summed E-state index contributed by atoms with van der Waals surface area (Å²) >= 11 is 12.4. The number of methoxy groups -OCH3 is 1. The second kappa shape index (κ2) is 11.5. The second-order valence-corrected chi connectivity index (χ2v) is 11.2. The quantitative estimate of drug-likeness (QED) is 0.191. The van der Waals surface area contributed by atoms with Crippen LogP contribution in [0.1, 0.15) is 40.3 Å². The van der Waals surface area contributed by atoms with E-state index in [1.54, 1.807) is 7.11 Å². The van der Waals surface area contributed by atoms with E-state index in [2.05, 4.69) is 41.6 Å². The summed E-state index contributed by atoms with van der Waals surface area (Å²) in [5.74, 6) is 2.29. The minimum Gasteiger partial charge on any atom is -0.495 e. The largest absolute Gasteiger partial charge is 0.495 e. The number of nitrogens with one attached hydrogen (secondary N) is 1. The molecule has 212 valence electrons. The topological polar surface area (TPSA) is 51.5 Å². The van der Waals surface area contributed by atoms with Gasteiger partial charge in [-0.15, -0.1) is 0 Å². The highest BCUT2D eigenvalue weighted by Crippen LogP contribution is 2.44. The number of halogens is 1. The van der Waals surface area contributed by atoms with E-state index in [0.29, 0.717) is 10.1 Å². The van der Waals surface area contributed by atoms with Gasteiger partial charge in [0.2, 0.25) is 0 Å². The third-order valence-electron chi connectivity index (χ3n) is 7.64. The third kappa shape index (κ3) is 5.22. The van der Waals surface area contributed by atoms with Crippen LogP contribution in [0.3, 0.4) is 0 Å². The van der Waals surface area contributed by atoms with Crippen LogP contribution in [0.2, 0.25) is 5.02 Å². The Morgan fingerprint density at radius 2 is 1.60 bits per heavy atom. The van der Waals surface area contributed by atoms with Crippen LogP contribution >= 0.6 is 23.8 Å². The number of rotatable bonds is 7. The molecular weight excluding hydrogens is 564 g/mol. The van der Waals surface area contributed by atoms with Gasteiger partial charge in [0, 0.05) is 28.3 Å². The molecule has 0 amide bonds. The zero-order valence-electron chi connectivity index (χ0n) is 23.8. The van der Waals surface area contributed by atoms with E-state index < -0.39 is 0 Å². The molecule has 1 aliphatic heterocycles. The molecule has 1 N–H and O–H groups in total. The van der Waals surface area contributed by atoms with Crippen molar-refractivity contribution in [1.82, 2.24) is 14.9 Å². The molecule has 0 unspecified atom stereocenters. The number of hydrogen-bond acceptors (Lipinski definition) is 4. The Morgan fingerprint density at radius 3 is 2.26 bits per heavy atom. The molecular formula is C34H31ClN4O2S. The van der Waals surface area contributed by atoms with E-state index in [1.807, 2.05) is 91.1 Å². The van der Waals surface area contributed by atoms with E-state index in [1.165, 1.54) is 5.56 Å². The molecule has 1 saturated heterocycles. The number of thiocarbonyl (C=S) groups is 1. The van der Waals surface area contributed by atoms with Crippen LogP contribution in [0.15, 0.2) is 97.2 Å². The van der Waals surface area contributed by atoms with Crippen LogP contribution in [0.4, 0.5) is 5.69 Å². The predicted octanol–water partition coefficient (Wildman–Crippen LogP) is 8.43. The van der Waals surface area contributed by atoms with Crippen molar-refractivity contribution < 1.29 is 9.47 Å². The summed E-state index contributed by atoms with van der Waals surface area (Å²) in [6.07, 6.45) is 1.82. The zero-order chi connectivity index (χ0) is 29.4. The smallest absolute Gasteiger partial charge is 0.174 e. The van der Waals surface area contributed by atoms with Crippen molar-refractivity contribution in [1.29, 1.82) is 0 Å². The van der Waals surface area contributed by atoms with Gasteiger partial charge in [0.25, 0.3) is 0 Å². The highest BCUT2D eigenvalue weighted by molar-refractivity contribution is 7.80. The maximum Gasteiger partial charge on any atom is 0.174 e. The van der Waals surface area contributed by atoms with E-state index in [9.17, 15) is 0 Å². The first-order valence-electron chi connectivity index (χ1n) is 13.7. The Labute approximate surface area is 256 Å². The van der Waals surface area contributed by atoms with E-state index in [4.69, 9.17) is 38.3 Å². The fourth-order valence-corrected chi connectivity index (χ4v) is 6.17. The van der Waals surface area contributed by atoms with Crippen molar-refractivity contribution in [3.8, 4) is 22.9 Å². The molecule has 1 fully saturated rings. The molecule has 3 heterocycles. The fourth-order valence-electron chi connectivity index (χ4n) is 5.66. The van der Waals surface area contributed by atoms with Gasteiger partial charge in [-0.25, -0.2) is 0 Å². The number of pyridine rings is 1. The van der Waals surface area contributed by atoms with Gasteiger partial charge in [0.05, 0.1) is 30.6 Å². The molecule has 0 aliphatic carbocycles. The van der Waals surface area contributed by atoms with Gasteiger partial charge >= 0.3 is 0 Å². The lowest BCUT2D eigenvalue weighted by molar-refractivity contribution is 0.412. The minimum atomic E-state index is -0.169. The SMILES string of the molecule is COc1ccc(Cl)cc1-n1c(C)cc([C@@H]2[C@@H](c3ccccn3)NC(=S)N2c2ccc(Oc3ccc(C)cc3)cc2)c1C. The van der Waals surface area contributed by atoms with Crippen LogP contribution in [-0.4, -0.2) is 21.8 Å². The molecule has 0 bridgehead atoms. The van der Waals surface area contributed by atoms with Crippen molar-refractivity contribution in [2.45, 2.75) is 32.9 Å². The lowest BCUT2D eigenvalue weighted by Gasteiger charge is -2.28. The molecule has 0 saturated carbocycles. The highest BCUT2D eigenvalue weighted by Gasteiger charge is 2.42. The highest BCUT2D eigenvalue weighted by atomic mass is 35.5. The first-order valence-corrected chi connectivity index (χ1v) is 14.5. The summed E-state index contributed by atoms with van der Waals surface area (Å²) in [4.78, 5) is 6.88. The predicted molar refractivity (Wildman–Crippen MR) is 172 cm³/mol. The lowest BCUT2D eigenvalue weighted by Crippen LogP contribution is -2.29. The van der Waals surface area contributed by atoms with Crippen LogP contribution in [0.25, 0.3) is 5.69 Å². The van der Waals surface area contributed by atoms with Gasteiger partial charge in [0.15, 0.2) is 5.11 Å². The normalized spacial score (nSPS) is 16.4. The van der Waals surface area contributed by atoms with Crippen molar-refractivity contribution in [2.75, 3.05) is 12.0 Å². The molecule has 6 rings (SSSR count). The molecule has 0 spiro atoms. The standard InChI is InChI=1S/C34H31ClN4O2S/c1-21-8-13-26(14-9-21)41-27-15-11-25(12-16-27)39-33(32(37-34(39)42)29-7-5-6-18-36-29)28-19-22(2)38(23(28)3)30-20-24(35)10-17-31(30)40-4/h5-20,32-33H,1-4H3,(H,37,42)/t32-,33-/m1/s1. The fraction of sp³-hybridized carbons (Fsp3) is 0.176. The van der Waals surface area contributed by atoms with Gasteiger partial charge in [-0.05, 0) is 111 Å². The second-order valence-electron chi connectivity index (χ2n) is 10.4. The maximum absolute atomic E-state index is 6.44. The molecule has 2 aromatic heterocycles. The number of nitrogens with zero attached hydrogens (tertiary/aromatic N) is 3. The van der Waals surface area contributed by atoms with E-state index >= 15 is 0 Å². The van der Waals surface area contributed by atoms with Crippen LogP contribution in [0, 0.1) is 20.8 Å². The summed E-state index contributed by atoms with van der Waals surface area (Å²) in [7, 11) is 1.67.